The second-order valence-corrected chi connectivity index (χ2v) is 7.73. The normalized spacial score (nSPS) is 11.3. The first kappa shape index (κ1) is 18.1. The molecule has 5 heteroatoms. The first-order valence-corrected chi connectivity index (χ1v) is 10.1. The summed E-state index contributed by atoms with van der Waals surface area (Å²) in [5, 5.41) is 0. The van der Waals surface area contributed by atoms with Gasteiger partial charge in [0.2, 0.25) is 0 Å². The van der Waals surface area contributed by atoms with E-state index in [1.54, 1.807) is 12.1 Å². The molecule has 0 spiro atoms. The third-order valence-corrected chi connectivity index (χ3v) is 5.26. The summed E-state index contributed by atoms with van der Waals surface area (Å²) in [5.74, 6) is 1.30. The topological polar surface area (TPSA) is 65.7 Å². The lowest BCUT2D eigenvalue weighted by Gasteiger charge is -2.02. The van der Waals surface area contributed by atoms with Crippen LogP contribution in [0.1, 0.15) is 0 Å². The number of hydrogen-bond acceptors (Lipinski definition) is 2. The zero-order chi connectivity index (χ0) is 19.6. The lowest BCUT2D eigenvalue weighted by molar-refractivity contribution is 0.483. The quantitative estimate of drug-likeness (QED) is 0.353. The number of benzene rings is 3. The molecule has 0 unspecified atom stereocenters. The number of hydrogen-bond donors (Lipinski definition) is 1. The van der Waals surface area contributed by atoms with E-state index >= 15 is 0 Å². The molecule has 0 aliphatic heterocycles. The highest BCUT2D eigenvalue weighted by Crippen LogP contribution is 2.33. The van der Waals surface area contributed by atoms with E-state index in [2.05, 4.69) is 0 Å². The van der Waals surface area contributed by atoms with E-state index in [0.717, 1.165) is 16.7 Å². The van der Waals surface area contributed by atoms with Gasteiger partial charge in [0.25, 0.3) is 10.1 Å². The van der Waals surface area contributed by atoms with Crippen LogP contribution in [0.2, 0.25) is 0 Å². The second kappa shape index (κ2) is 7.38. The van der Waals surface area contributed by atoms with E-state index < -0.39 is 10.1 Å². The monoisotopic (exact) mass is 389 g/mol. The molecule has 4 aromatic rings. The van der Waals surface area contributed by atoms with Gasteiger partial charge in [0.05, 0.1) is 28.2 Å². The lowest BCUT2D eigenvalue weighted by Crippen LogP contribution is -1.97. The third-order valence-electron chi connectivity index (χ3n) is 4.40. The van der Waals surface area contributed by atoms with Crippen molar-refractivity contribution in [2.45, 2.75) is 4.90 Å². The van der Waals surface area contributed by atoms with Gasteiger partial charge in [-0.05, 0) is 42.0 Å². The fraction of sp³-hybridized carbons (Fsp3) is 0. The van der Waals surface area contributed by atoms with Crippen molar-refractivity contribution in [3.63, 3.8) is 0 Å². The Bertz CT molecular complexity index is 1140. The van der Waals surface area contributed by atoms with Crippen LogP contribution in [0.5, 0.6) is 0 Å². The molecule has 1 N–H and O–H groups in total. The molecular weight excluding hydrogens is 372 g/mol. The van der Waals surface area contributed by atoms with Crippen molar-refractivity contribution < 1.29 is 17.4 Å². The average molecular weight is 389 g/mol. The van der Waals surface area contributed by atoms with Crippen molar-refractivity contribution in [3.05, 3.63) is 97.1 Å². The van der Waals surface area contributed by atoms with Crippen molar-refractivity contribution >= 4 is 10.1 Å². The molecule has 0 saturated heterocycles. The van der Waals surface area contributed by atoms with Gasteiger partial charge in [0, 0.05) is 5.56 Å². The Morgan fingerprint density at radius 3 is 1.54 bits per heavy atom. The Morgan fingerprint density at radius 1 is 0.571 bits per heavy atom. The smallest absolute Gasteiger partial charge is 0.282 e. The van der Waals surface area contributed by atoms with Crippen LogP contribution in [0.3, 0.4) is 0 Å². The van der Waals surface area contributed by atoms with Crippen LogP contribution >= 0.6 is 0 Å². The summed E-state index contributed by atoms with van der Waals surface area (Å²) < 4.78 is 37.9. The molecule has 0 aliphatic rings. The second-order valence-electron chi connectivity index (χ2n) is 6.31. The van der Waals surface area contributed by atoms with Crippen LogP contribution in [0.4, 0.5) is 0 Å². The predicted octanol–water partition coefficient (Wildman–Crippen LogP) is 5.81. The van der Waals surface area contributed by atoms with E-state index in [-0.39, 0.29) is 4.90 Å². The van der Waals surface area contributed by atoms with Gasteiger partial charge in [-0.2, -0.15) is 8.42 Å². The van der Waals surface area contributed by atoms with E-state index in [1.165, 1.54) is 12.1 Å². The van der Waals surface area contributed by atoms with Gasteiger partial charge in [-0.25, -0.2) is 4.42 Å². The molecule has 4 nitrogen and oxygen atoms in total. The Hall–Kier alpha value is -3.28. The first-order valence-electron chi connectivity index (χ1n) is 8.68. The van der Waals surface area contributed by atoms with Crippen LogP contribution in [0.15, 0.2) is 106 Å². The summed E-state index contributed by atoms with van der Waals surface area (Å²) >= 11 is 0. The molecule has 1 aromatic heterocycles. The molecular formula is C23H17O4S+. The summed E-state index contributed by atoms with van der Waals surface area (Å²) in [5.41, 5.74) is 3.68. The molecule has 0 atom stereocenters. The van der Waals surface area contributed by atoms with Gasteiger partial charge < -0.3 is 0 Å². The maximum absolute atomic E-state index is 11.3. The minimum Gasteiger partial charge on any atom is -0.282 e. The van der Waals surface area contributed by atoms with Crippen molar-refractivity contribution in [2.24, 2.45) is 0 Å². The highest BCUT2D eigenvalue weighted by atomic mass is 32.2. The molecule has 28 heavy (non-hydrogen) atoms. The summed E-state index contributed by atoms with van der Waals surface area (Å²) in [6, 6.07) is 29.6. The van der Waals surface area contributed by atoms with E-state index in [9.17, 15) is 13.0 Å². The van der Waals surface area contributed by atoms with Gasteiger partial charge in [-0.1, -0.05) is 48.5 Å². The van der Waals surface area contributed by atoms with Gasteiger partial charge in [-0.3, -0.25) is 4.55 Å². The zero-order valence-electron chi connectivity index (χ0n) is 14.8. The van der Waals surface area contributed by atoms with Gasteiger partial charge in [0.1, 0.15) is 0 Å². The Labute approximate surface area is 163 Å². The van der Waals surface area contributed by atoms with E-state index in [0.29, 0.717) is 17.1 Å². The standard InChI is InChI=1S/C23H16O4S/c24-28(25,26)21-13-11-19(12-14-21)23-16-20(17-7-3-1-4-8-17)15-22(27-23)18-9-5-2-6-10-18/h1-16H/p+1. The predicted molar refractivity (Wildman–Crippen MR) is 109 cm³/mol. The molecule has 4 rings (SSSR count). The zero-order valence-corrected chi connectivity index (χ0v) is 15.6. The highest BCUT2D eigenvalue weighted by molar-refractivity contribution is 7.85. The molecule has 1 heterocycles. The van der Waals surface area contributed by atoms with Gasteiger partial charge >= 0.3 is 11.5 Å². The van der Waals surface area contributed by atoms with Crippen molar-refractivity contribution in [3.8, 4) is 33.8 Å². The fourth-order valence-electron chi connectivity index (χ4n) is 2.98. The minimum absolute atomic E-state index is 0.154. The molecule has 0 fully saturated rings. The Morgan fingerprint density at radius 2 is 1.04 bits per heavy atom. The van der Waals surface area contributed by atoms with E-state index in [4.69, 9.17) is 4.42 Å². The van der Waals surface area contributed by atoms with Crippen LogP contribution in [-0.4, -0.2) is 13.0 Å². The van der Waals surface area contributed by atoms with Crippen LogP contribution in [0.25, 0.3) is 33.8 Å². The summed E-state index contributed by atoms with van der Waals surface area (Å²) in [6.45, 7) is 0. The first-order chi connectivity index (χ1) is 13.5. The van der Waals surface area contributed by atoms with Crippen LogP contribution < -0.4 is 0 Å². The van der Waals surface area contributed by atoms with E-state index in [1.807, 2.05) is 72.8 Å². The largest absolute Gasteiger partial charge is 0.361 e. The average Bonchev–Trinajstić information content (AvgIpc) is 2.74. The summed E-state index contributed by atoms with van der Waals surface area (Å²) in [4.78, 5) is -0.154. The number of rotatable bonds is 4. The summed E-state index contributed by atoms with van der Waals surface area (Å²) in [6.07, 6.45) is 0. The maximum Gasteiger partial charge on any atom is 0.361 e. The van der Waals surface area contributed by atoms with Crippen LogP contribution in [-0.2, 0) is 10.1 Å². The molecule has 0 saturated carbocycles. The summed E-state index contributed by atoms with van der Waals surface area (Å²) in [7, 11) is -4.23. The lowest BCUT2D eigenvalue weighted by atomic mass is 10.0. The third kappa shape index (κ3) is 3.86. The molecule has 0 aliphatic carbocycles. The maximum atomic E-state index is 11.3. The van der Waals surface area contributed by atoms with Crippen molar-refractivity contribution in [1.29, 1.82) is 0 Å². The molecule has 138 valence electrons. The Balaban J connectivity index is 1.87. The fourth-order valence-corrected chi connectivity index (χ4v) is 3.46. The van der Waals surface area contributed by atoms with Crippen molar-refractivity contribution in [2.75, 3.05) is 0 Å². The van der Waals surface area contributed by atoms with Gasteiger partial charge in [0.15, 0.2) is 0 Å². The minimum atomic E-state index is -4.23. The SMILES string of the molecule is O=S(=O)(O)c1ccc(-c2cc(-c3ccccc3)cc(-c3ccccc3)[o+]2)cc1. The highest BCUT2D eigenvalue weighted by Gasteiger charge is 2.21. The molecule has 0 bridgehead atoms. The molecule has 0 amide bonds. The van der Waals surface area contributed by atoms with Crippen molar-refractivity contribution in [1.82, 2.24) is 0 Å². The Kier molecular flexibility index (Phi) is 4.77. The van der Waals surface area contributed by atoms with Crippen LogP contribution in [0, 0.1) is 0 Å². The van der Waals surface area contributed by atoms with Gasteiger partial charge in [-0.15, -0.1) is 0 Å². The molecule has 0 radical (unpaired) electrons. The molecule has 3 aromatic carbocycles.